The van der Waals surface area contributed by atoms with E-state index in [1.807, 2.05) is 31.2 Å². The smallest absolute Gasteiger partial charge is 0.277 e. The Hall–Kier alpha value is -2.79. The molecule has 1 aromatic heterocycles. The highest BCUT2D eigenvalue weighted by molar-refractivity contribution is 6.33. The van der Waals surface area contributed by atoms with Crippen molar-refractivity contribution in [1.82, 2.24) is 5.16 Å². The first-order valence-corrected chi connectivity index (χ1v) is 7.81. The van der Waals surface area contributed by atoms with Crippen LogP contribution >= 0.6 is 11.6 Å². The normalized spacial score (nSPS) is 10.4. The van der Waals surface area contributed by atoms with Crippen LogP contribution in [-0.2, 0) is 0 Å². The molecule has 0 saturated carbocycles. The minimum absolute atomic E-state index is 0.179. The number of carbonyl (C=O) groups is 1. The fourth-order valence-corrected chi connectivity index (χ4v) is 2.33. The average molecular weight is 343 g/mol. The fourth-order valence-electron chi connectivity index (χ4n) is 2.15. The summed E-state index contributed by atoms with van der Waals surface area (Å²) in [6, 6.07) is 16.0. The second-order valence-electron chi connectivity index (χ2n) is 4.97. The molecule has 0 bridgehead atoms. The number of hydrogen-bond donors (Lipinski definition) is 1. The van der Waals surface area contributed by atoms with Crippen LogP contribution in [0.3, 0.4) is 0 Å². The molecule has 0 aliphatic carbocycles. The minimum atomic E-state index is -0.385. The molecule has 1 heterocycles. The Morgan fingerprint density at radius 1 is 1.21 bits per heavy atom. The quantitative estimate of drug-likeness (QED) is 0.733. The summed E-state index contributed by atoms with van der Waals surface area (Å²) >= 11 is 6.03. The molecule has 0 spiro atoms. The van der Waals surface area contributed by atoms with E-state index < -0.39 is 0 Å². The number of nitrogens with zero attached hydrogens (tertiary/aromatic N) is 1. The molecule has 0 radical (unpaired) electrons. The minimum Gasteiger partial charge on any atom is -0.494 e. The van der Waals surface area contributed by atoms with E-state index in [0.717, 1.165) is 11.3 Å². The monoisotopic (exact) mass is 342 g/mol. The van der Waals surface area contributed by atoms with E-state index in [-0.39, 0.29) is 11.6 Å². The zero-order valence-corrected chi connectivity index (χ0v) is 13.7. The second-order valence-corrected chi connectivity index (χ2v) is 5.37. The predicted octanol–water partition coefficient (Wildman–Crippen LogP) is 4.65. The Morgan fingerprint density at radius 3 is 2.67 bits per heavy atom. The summed E-state index contributed by atoms with van der Waals surface area (Å²) in [6.45, 7) is 2.53. The number of halogens is 1. The van der Waals surface area contributed by atoms with Gasteiger partial charge in [0.25, 0.3) is 5.91 Å². The maximum Gasteiger partial charge on any atom is 0.277 e. The maximum absolute atomic E-state index is 12.2. The molecule has 0 atom stereocenters. The van der Waals surface area contributed by atoms with Gasteiger partial charge < -0.3 is 14.6 Å². The third-order valence-corrected chi connectivity index (χ3v) is 3.64. The molecular formula is C18H15ClN2O3. The molecule has 3 rings (SSSR count). The van der Waals surface area contributed by atoms with E-state index in [9.17, 15) is 4.79 Å². The summed E-state index contributed by atoms with van der Waals surface area (Å²) < 4.78 is 10.6. The summed E-state index contributed by atoms with van der Waals surface area (Å²) in [5.41, 5.74) is 1.51. The predicted molar refractivity (Wildman–Crippen MR) is 92.5 cm³/mol. The lowest BCUT2D eigenvalue weighted by atomic mass is 10.1. The first-order valence-electron chi connectivity index (χ1n) is 7.43. The van der Waals surface area contributed by atoms with Crippen LogP contribution in [0, 0.1) is 0 Å². The van der Waals surface area contributed by atoms with Crippen molar-refractivity contribution < 1.29 is 14.1 Å². The molecule has 2 aromatic carbocycles. The standard InChI is InChI=1S/C18H15ClN2O3/c1-2-23-13-9-7-12(8-10-13)17-11-16(21-24-17)18(22)20-15-6-4-3-5-14(15)19/h3-11H,2H2,1H3,(H,20,22). The zero-order valence-electron chi connectivity index (χ0n) is 13.0. The summed E-state index contributed by atoms with van der Waals surface area (Å²) in [6.07, 6.45) is 0. The molecule has 1 amide bonds. The van der Waals surface area contributed by atoms with Gasteiger partial charge in [-0.3, -0.25) is 4.79 Å². The molecule has 1 N–H and O–H groups in total. The van der Waals surface area contributed by atoms with Crippen molar-refractivity contribution in [1.29, 1.82) is 0 Å². The van der Waals surface area contributed by atoms with Gasteiger partial charge in [0.1, 0.15) is 5.75 Å². The van der Waals surface area contributed by atoms with Crippen molar-refractivity contribution in [3.05, 3.63) is 65.3 Å². The van der Waals surface area contributed by atoms with Crippen LogP contribution in [0.4, 0.5) is 5.69 Å². The molecular weight excluding hydrogens is 328 g/mol. The highest BCUT2D eigenvalue weighted by Gasteiger charge is 2.15. The Balaban J connectivity index is 1.75. The third kappa shape index (κ3) is 3.58. The van der Waals surface area contributed by atoms with Gasteiger partial charge in [0.15, 0.2) is 11.5 Å². The maximum atomic E-state index is 12.2. The molecule has 0 saturated heterocycles. The molecule has 0 unspecified atom stereocenters. The lowest BCUT2D eigenvalue weighted by molar-refractivity contribution is 0.101. The highest BCUT2D eigenvalue weighted by Crippen LogP contribution is 2.25. The zero-order chi connectivity index (χ0) is 16.9. The number of carbonyl (C=O) groups excluding carboxylic acids is 1. The van der Waals surface area contributed by atoms with E-state index >= 15 is 0 Å². The van der Waals surface area contributed by atoms with E-state index in [4.69, 9.17) is 20.9 Å². The van der Waals surface area contributed by atoms with Crippen LogP contribution in [0.15, 0.2) is 59.1 Å². The third-order valence-electron chi connectivity index (χ3n) is 3.31. The number of ether oxygens (including phenoxy) is 1. The van der Waals surface area contributed by atoms with Gasteiger partial charge in [-0.1, -0.05) is 28.9 Å². The Kier molecular flexibility index (Phi) is 4.82. The number of rotatable bonds is 5. The molecule has 0 aliphatic heterocycles. The lowest BCUT2D eigenvalue weighted by Gasteiger charge is -2.04. The van der Waals surface area contributed by atoms with Crippen LogP contribution in [0.2, 0.25) is 5.02 Å². The lowest BCUT2D eigenvalue weighted by Crippen LogP contribution is -2.12. The SMILES string of the molecule is CCOc1ccc(-c2cc(C(=O)Nc3ccccc3Cl)no2)cc1. The Bertz CT molecular complexity index is 843. The number of hydrogen-bond acceptors (Lipinski definition) is 4. The molecule has 6 heteroatoms. The van der Waals surface area contributed by atoms with Crippen LogP contribution in [0.1, 0.15) is 17.4 Å². The van der Waals surface area contributed by atoms with E-state index in [2.05, 4.69) is 10.5 Å². The number of amides is 1. The van der Waals surface area contributed by atoms with Crippen LogP contribution in [0.25, 0.3) is 11.3 Å². The van der Waals surface area contributed by atoms with Crippen molar-refractivity contribution >= 4 is 23.2 Å². The van der Waals surface area contributed by atoms with Gasteiger partial charge in [-0.15, -0.1) is 0 Å². The van der Waals surface area contributed by atoms with Gasteiger partial charge in [-0.05, 0) is 43.3 Å². The molecule has 0 aliphatic rings. The van der Waals surface area contributed by atoms with Gasteiger partial charge in [0.05, 0.1) is 17.3 Å². The number of anilines is 1. The van der Waals surface area contributed by atoms with Crippen LogP contribution < -0.4 is 10.1 Å². The van der Waals surface area contributed by atoms with Crippen molar-refractivity contribution in [3.8, 4) is 17.1 Å². The van der Waals surface area contributed by atoms with Gasteiger partial charge in [0.2, 0.25) is 0 Å². The van der Waals surface area contributed by atoms with Gasteiger partial charge in [-0.2, -0.15) is 0 Å². The van der Waals surface area contributed by atoms with E-state index in [0.29, 0.717) is 23.1 Å². The summed E-state index contributed by atoms with van der Waals surface area (Å²) in [5, 5.41) is 6.98. The number of benzene rings is 2. The van der Waals surface area contributed by atoms with Crippen molar-refractivity contribution in [2.24, 2.45) is 0 Å². The Morgan fingerprint density at radius 2 is 1.96 bits per heavy atom. The topological polar surface area (TPSA) is 64.4 Å². The molecule has 5 nitrogen and oxygen atoms in total. The summed E-state index contributed by atoms with van der Waals surface area (Å²) in [7, 11) is 0. The van der Waals surface area contributed by atoms with Crippen molar-refractivity contribution in [2.45, 2.75) is 6.92 Å². The second kappa shape index (κ2) is 7.19. The molecule has 122 valence electrons. The largest absolute Gasteiger partial charge is 0.494 e. The summed E-state index contributed by atoms with van der Waals surface area (Å²) in [5.74, 6) is 0.892. The average Bonchev–Trinajstić information content (AvgIpc) is 3.08. The van der Waals surface area contributed by atoms with Crippen molar-refractivity contribution in [3.63, 3.8) is 0 Å². The van der Waals surface area contributed by atoms with Gasteiger partial charge in [0, 0.05) is 11.6 Å². The highest BCUT2D eigenvalue weighted by atomic mass is 35.5. The number of para-hydroxylation sites is 1. The first kappa shape index (κ1) is 16.1. The van der Waals surface area contributed by atoms with Crippen molar-refractivity contribution in [2.75, 3.05) is 11.9 Å². The molecule has 3 aromatic rings. The van der Waals surface area contributed by atoms with Gasteiger partial charge in [-0.25, -0.2) is 0 Å². The Labute approximate surface area is 144 Å². The number of nitrogens with one attached hydrogen (secondary N) is 1. The van der Waals surface area contributed by atoms with Gasteiger partial charge >= 0.3 is 0 Å². The van der Waals surface area contributed by atoms with Crippen LogP contribution in [0.5, 0.6) is 5.75 Å². The van der Waals surface area contributed by atoms with E-state index in [1.54, 1.807) is 30.3 Å². The molecule has 0 fully saturated rings. The molecule has 24 heavy (non-hydrogen) atoms. The van der Waals surface area contributed by atoms with Crippen LogP contribution in [-0.4, -0.2) is 17.7 Å². The first-order chi connectivity index (χ1) is 11.7. The summed E-state index contributed by atoms with van der Waals surface area (Å²) in [4.78, 5) is 12.2. The van der Waals surface area contributed by atoms with E-state index in [1.165, 1.54) is 0 Å². The number of aromatic nitrogens is 1. The fraction of sp³-hybridized carbons (Fsp3) is 0.111.